The number of carbonyl (C=O) groups excluding carboxylic acids is 1. The Bertz CT molecular complexity index is 643. The molecule has 0 bridgehead atoms. The van der Waals surface area contributed by atoms with Crippen molar-refractivity contribution >= 4 is 17.3 Å². The summed E-state index contributed by atoms with van der Waals surface area (Å²) in [6.07, 6.45) is 0. The predicted molar refractivity (Wildman–Crippen MR) is 77.0 cm³/mol. The Balaban J connectivity index is 2.17. The van der Waals surface area contributed by atoms with Gasteiger partial charge in [-0.25, -0.2) is 0 Å². The lowest BCUT2D eigenvalue weighted by molar-refractivity contribution is -0.384. The zero-order chi connectivity index (χ0) is 14.7. The average Bonchev–Trinajstić information content (AvgIpc) is 2.37. The van der Waals surface area contributed by atoms with E-state index in [4.69, 9.17) is 0 Å². The lowest BCUT2D eigenvalue weighted by Crippen LogP contribution is -2.12. The minimum Gasteiger partial charge on any atom is -0.322 e. The number of nitrogens with one attached hydrogen (secondary N) is 1. The summed E-state index contributed by atoms with van der Waals surface area (Å²) in [4.78, 5) is 22.1. The Morgan fingerprint density at radius 1 is 1.05 bits per heavy atom. The van der Waals surface area contributed by atoms with Gasteiger partial charge < -0.3 is 5.32 Å². The molecular weight excluding hydrogens is 256 g/mol. The molecular formula is C15H14N2O3. The van der Waals surface area contributed by atoms with Gasteiger partial charge in [0.25, 0.3) is 11.6 Å². The number of aryl methyl sites for hydroxylation is 2. The Kier molecular flexibility index (Phi) is 3.79. The van der Waals surface area contributed by atoms with Gasteiger partial charge in [0, 0.05) is 23.4 Å². The molecule has 0 saturated carbocycles. The van der Waals surface area contributed by atoms with E-state index < -0.39 is 4.92 Å². The van der Waals surface area contributed by atoms with Crippen LogP contribution >= 0.6 is 0 Å². The summed E-state index contributed by atoms with van der Waals surface area (Å²) in [5.74, 6) is -0.287. The molecule has 0 aliphatic carbocycles. The second-order valence-corrected chi connectivity index (χ2v) is 4.63. The fourth-order valence-corrected chi connectivity index (χ4v) is 1.98. The molecule has 0 heterocycles. The van der Waals surface area contributed by atoms with E-state index in [0.29, 0.717) is 11.3 Å². The number of amides is 1. The molecule has 0 aliphatic rings. The summed E-state index contributed by atoms with van der Waals surface area (Å²) in [6.45, 7) is 3.91. The first kappa shape index (κ1) is 13.7. The Hall–Kier alpha value is -2.69. The van der Waals surface area contributed by atoms with Crippen LogP contribution in [0.3, 0.4) is 0 Å². The molecule has 102 valence electrons. The van der Waals surface area contributed by atoms with Crippen molar-refractivity contribution in [3.05, 3.63) is 69.3 Å². The molecule has 0 spiro atoms. The number of hydrogen-bond donors (Lipinski definition) is 1. The van der Waals surface area contributed by atoms with E-state index in [-0.39, 0.29) is 11.6 Å². The van der Waals surface area contributed by atoms with Crippen LogP contribution in [0.4, 0.5) is 11.4 Å². The number of non-ortho nitro benzene ring substituents is 1. The fourth-order valence-electron chi connectivity index (χ4n) is 1.98. The summed E-state index contributed by atoms with van der Waals surface area (Å²) >= 11 is 0. The number of nitro benzene ring substituents is 1. The lowest BCUT2D eigenvalue weighted by atomic mass is 10.1. The van der Waals surface area contributed by atoms with Crippen LogP contribution in [0.15, 0.2) is 42.5 Å². The van der Waals surface area contributed by atoms with Crippen molar-refractivity contribution < 1.29 is 9.72 Å². The third-order valence-corrected chi connectivity index (χ3v) is 2.82. The van der Waals surface area contributed by atoms with Gasteiger partial charge in [-0.2, -0.15) is 0 Å². The van der Waals surface area contributed by atoms with Crippen molar-refractivity contribution in [1.82, 2.24) is 0 Å². The quantitative estimate of drug-likeness (QED) is 0.685. The Morgan fingerprint density at radius 2 is 1.60 bits per heavy atom. The number of anilines is 1. The molecule has 1 N–H and O–H groups in total. The van der Waals surface area contributed by atoms with Gasteiger partial charge in [0.1, 0.15) is 0 Å². The summed E-state index contributed by atoms with van der Waals surface area (Å²) in [5.41, 5.74) is 3.18. The normalized spacial score (nSPS) is 10.1. The Labute approximate surface area is 116 Å². The van der Waals surface area contributed by atoms with Crippen LogP contribution in [0.5, 0.6) is 0 Å². The summed E-state index contributed by atoms with van der Waals surface area (Å²) < 4.78 is 0. The van der Waals surface area contributed by atoms with Crippen LogP contribution < -0.4 is 5.32 Å². The topological polar surface area (TPSA) is 72.2 Å². The van der Waals surface area contributed by atoms with Gasteiger partial charge in [0.05, 0.1) is 4.92 Å². The Morgan fingerprint density at radius 3 is 2.10 bits per heavy atom. The van der Waals surface area contributed by atoms with Crippen molar-refractivity contribution in [3.8, 4) is 0 Å². The largest absolute Gasteiger partial charge is 0.322 e. The molecule has 5 nitrogen and oxygen atoms in total. The number of nitro groups is 1. The highest BCUT2D eigenvalue weighted by molar-refractivity contribution is 6.04. The van der Waals surface area contributed by atoms with Crippen LogP contribution in [0.25, 0.3) is 0 Å². The predicted octanol–water partition coefficient (Wildman–Crippen LogP) is 3.46. The smallest absolute Gasteiger partial charge is 0.269 e. The third-order valence-electron chi connectivity index (χ3n) is 2.82. The van der Waals surface area contributed by atoms with Crippen LogP contribution in [0, 0.1) is 24.0 Å². The molecule has 2 rings (SSSR count). The van der Waals surface area contributed by atoms with Gasteiger partial charge in [-0.3, -0.25) is 14.9 Å². The van der Waals surface area contributed by atoms with Gasteiger partial charge in [0.15, 0.2) is 0 Å². The molecule has 0 unspecified atom stereocenters. The number of benzene rings is 2. The minimum atomic E-state index is -0.494. The average molecular weight is 270 g/mol. The maximum atomic E-state index is 12.0. The van der Waals surface area contributed by atoms with Gasteiger partial charge >= 0.3 is 0 Å². The van der Waals surface area contributed by atoms with Gasteiger partial charge in [0.2, 0.25) is 0 Å². The van der Waals surface area contributed by atoms with E-state index in [9.17, 15) is 14.9 Å². The zero-order valence-corrected chi connectivity index (χ0v) is 11.2. The van der Waals surface area contributed by atoms with Gasteiger partial charge in [-0.05, 0) is 49.2 Å². The second-order valence-electron chi connectivity index (χ2n) is 4.63. The van der Waals surface area contributed by atoms with Crippen LogP contribution in [-0.4, -0.2) is 10.8 Å². The molecule has 0 atom stereocenters. The summed E-state index contributed by atoms with van der Waals surface area (Å²) in [7, 11) is 0. The standard InChI is InChI=1S/C15H14N2O3/c1-10-7-11(2)9-13(8-10)16-15(18)12-3-5-14(6-4-12)17(19)20/h3-9H,1-2H3,(H,16,18). The van der Waals surface area contributed by atoms with E-state index in [2.05, 4.69) is 5.32 Å². The molecule has 0 aromatic heterocycles. The molecule has 0 saturated heterocycles. The van der Waals surface area contributed by atoms with E-state index in [0.717, 1.165) is 11.1 Å². The van der Waals surface area contributed by atoms with E-state index in [1.807, 2.05) is 32.0 Å². The van der Waals surface area contributed by atoms with Crippen molar-refractivity contribution in [3.63, 3.8) is 0 Å². The molecule has 20 heavy (non-hydrogen) atoms. The molecule has 5 heteroatoms. The molecule has 2 aromatic carbocycles. The molecule has 1 amide bonds. The minimum absolute atomic E-state index is 0.0343. The van der Waals surface area contributed by atoms with E-state index in [1.165, 1.54) is 24.3 Å². The maximum absolute atomic E-state index is 12.0. The highest BCUT2D eigenvalue weighted by Crippen LogP contribution is 2.16. The third kappa shape index (κ3) is 3.20. The van der Waals surface area contributed by atoms with Gasteiger partial charge in [-0.15, -0.1) is 0 Å². The van der Waals surface area contributed by atoms with Crippen molar-refractivity contribution in [1.29, 1.82) is 0 Å². The summed E-state index contributed by atoms with van der Waals surface area (Å²) in [5, 5.41) is 13.3. The van der Waals surface area contributed by atoms with Crippen LogP contribution in [0.2, 0.25) is 0 Å². The zero-order valence-electron chi connectivity index (χ0n) is 11.2. The highest BCUT2D eigenvalue weighted by Gasteiger charge is 2.09. The number of rotatable bonds is 3. The molecule has 2 aromatic rings. The van der Waals surface area contributed by atoms with Gasteiger partial charge in [-0.1, -0.05) is 6.07 Å². The van der Waals surface area contributed by atoms with Crippen molar-refractivity contribution in [2.75, 3.05) is 5.32 Å². The lowest BCUT2D eigenvalue weighted by Gasteiger charge is -2.07. The highest BCUT2D eigenvalue weighted by atomic mass is 16.6. The van der Waals surface area contributed by atoms with Crippen molar-refractivity contribution in [2.45, 2.75) is 13.8 Å². The van der Waals surface area contributed by atoms with Crippen LogP contribution in [0.1, 0.15) is 21.5 Å². The molecule has 0 fully saturated rings. The first-order chi connectivity index (χ1) is 9.45. The second kappa shape index (κ2) is 5.52. The van der Waals surface area contributed by atoms with E-state index >= 15 is 0 Å². The van der Waals surface area contributed by atoms with E-state index in [1.54, 1.807) is 0 Å². The molecule has 0 aliphatic heterocycles. The first-order valence-corrected chi connectivity index (χ1v) is 6.10. The SMILES string of the molecule is Cc1cc(C)cc(NC(=O)c2ccc([N+](=O)[O-])cc2)c1. The van der Waals surface area contributed by atoms with Crippen LogP contribution in [-0.2, 0) is 0 Å². The monoisotopic (exact) mass is 270 g/mol. The summed E-state index contributed by atoms with van der Waals surface area (Å²) in [6, 6.07) is 11.3. The number of nitrogens with zero attached hydrogens (tertiary/aromatic N) is 1. The fraction of sp³-hybridized carbons (Fsp3) is 0.133. The molecule has 0 radical (unpaired) electrons. The number of hydrogen-bond acceptors (Lipinski definition) is 3. The first-order valence-electron chi connectivity index (χ1n) is 6.10. The number of carbonyl (C=O) groups is 1. The maximum Gasteiger partial charge on any atom is 0.269 e. The van der Waals surface area contributed by atoms with Crippen molar-refractivity contribution in [2.24, 2.45) is 0 Å².